The van der Waals surface area contributed by atoms with E-state index in [1.165, 1.54) is 16.7 Å². The van der Waals surface area contributed by atoms with Gasteiger partial charge in [-0.3, -0.25) is 4.21 Å². The standard InChI is InChI=1S/C11H15NOS/c1-7-4-9-10(12-3)6-14(13)11(9)5-8(7)2/h4-5,10,12H,6H2,1-3H3. The van der Waals surface area contributed by atoms with Gasteiger partial charge in [-0.05, 0) is 43.7 Å². The highest BCUT2D eigenvalue weighted by Crippen LogP contribution is 2.32. The van der Waals surface area contributed by atoms with E-state index < -0.39 is 10.8 Å². The Kier molecular flexibility index (Phi) is 2.45. The molecule has 1 heterocycles. The topological polar surface area (TPSA) is 29.1 Å². The molecule has 3 heteroatoms. The first kappa shape index (κ1) is 9.87. The van der Waals surface area contributed by atoms with Crippen molar-refractivity contribution in [1.82, 2.24) is 5.32 Å². The van der Waals surface area contributed by atoms with E-state index >= 15 is 0 Å². The Morgan fingerprint density at radius 3 is 2.64 bits per heavy atom. The van der Waals surface area contributed by atoms with Crippen molar-refractivity contribution in [2.45, 2.75) is 24.8 Å². The van der Waals surface area contributed by atoms with Gasteiger partial charge in [0.1, 0.15) is 0 Å². The smallest absolute Gasteiger partial charge is 0.0552 e. The molecule has 2 rings (SSSR count). The van der Waals surface area contributed by atoms with Gasteiger partial charge in [-0.15, -0.1) is 0 Å². The molecule has 0 bridgehead atoms. The minimum Gasteiger partial charge on any atom is -0.312 e. The van der Waals surface area contributed by atoms with E-state index in [4.69, 9.17) is 0 Å². The summed E-state index contributed by atoms with van der Waals surface area (Å²) in [5.74, 6) is 0.717. The van der Waals surface area contributed by atoms with Crippen molar-refractivity contribution in [3.05, 3.63) is 28.8 Å². The van der Waals surface area contributed by atoms with Crippen molar-refractivity contribution < 1.29 is 4.21 Å². The van der Waals surface area contributed by atoms with Gasteiger partial charge in [0.05, 0.1) is 10.8 Å². The Labute approximate surface area is 87.2 Å². The molecule has 0 saturated carbocycles. The largest absolute Gasteiger partial charge is 0.312 e. The maximum atomic E-state index is 11.8. The Morgan fingerprint density at radius 1 is 1.36 bits per heavy atom. The molecule has 14 heavy (non-hydrogen) atoms. The highest BCUT2D eigenvalue weighted by atomic mass is 32.2. The lowest BCUT2D eigenvalue weighted by Gasteiger charge is -2.10. The lowest BCUT2D eigenvalue weighted by atomic mass is 10.0. The van der Waals surface area contributed by atoms with Crippen molar-refractivity contribution in [2.24, 2.45) is 0 Å². The Hall–Kier alpha value is -0.670. The second-order valence-electron chi connectivity index (χ2n) is 3.83. The van der Waals surface area contributed by atoms with E-state index in [9.17, 15) is 4.21 Å². The number of hydrogen-bond acceptors (Lipinski definition) is 2. The van der Waals surface area contributed by atoms with E-state index in [-0.39, 0.29) is 6.04 Å². The average Bonchev–Trinajstić information content (AvgIpc) is 2.45. The van der Waals surface area contributed by atoms with Crippen molar-refractivity contribution >= 4 is 10.8 Å². The fourth-order valence-electron chi connectivity index (χ4n) is 1.85. The zero-order chi connectivity index (χ0) is 10.3. The summed E-state index contributed by atoms with van der Waals surface area (Å²) in [6, 6.07) is 4.50. The molecular weight excluding hydrogens is 194 g/mol. The molecule has 1 aromatic carbocycles. The van der Waals surface area contributed by atoms with Crippen LogP contribution in [0.1, 0.15) is 22.7 Å². The summed E-state index contributed by atoms with van der Waals surface area (Å²) in [4.78, 5) is 1.02. The minimum atomic E-state index is -0.809. The van der Waals surface area contributed by atoms with Crippen LogP contribution in [0, 0.1) is 13.8 Å². The lowest BCUT2D eigenvalue weighted by molar-refractivity contribution is 0.652. The van der Waals surface area contributed by atoms with Crippen LogP contribution in [0.15, 0.2) is 17.0 Å². The van der Waals surface area contributed by atoms with Crippen molar-refractivity contribution in [1.29, 1.82) is 0 Å². The first-order chi connectivity index (χ1) is 6.63. The second kappa shape index (κ2) is 3.48. The number of aryl methyl sites for hydroxylation is 2. The second-order valence-corrected chi connectivity index (χ2v) is 5.29. The van der Waals surface area contributed by atoms with E-state index in [2.05, 4.69) is 31.3 Å². The van der Waals surface area contributed by atoms with Gasteiger partial charge in [0.2, 0.25) is 0 Å². The maximum Gasteiger partial charge on any atom is 0.0552 e. The normalized spacial score (nSPS) is 25.1. The van der Waals surface area contributed by atoms with Gasteiger partial charge in [-0.25, -0.2) is 0 Å². The molecule has 2 nitrogen and oxygen atoms in total. The average molecular weight is 209 g/mol. The summed E-state index contributed by atoms with van der Waals surface area (Å²) in [7, 11) is 1.11. The molecule has 2 unspecified atom stereocenters. The molecule has 0 amide bonds. The van der Waals surface area contributed by atoms with Crippen LogP contribution in [0.5, 0.6) is 0 Å². The van der Waals surface area contributed by atoms with Crippen LogP contribution in [-0.2, 0) is 10.8 Å². The van der Waals surface area contributed by atoms with Crippen LogP contribution in [0.3, 0.4) is 0 Å². The molecule has 0 saturated heterocycles. The van der Waals surface area contributed by atoms with E-state index in [1.807, 2.05) is 7.05 Å². The van der Waals surface area contributed by atoms with Gasteiger partial charge in [-0.1, -0.05) is 6.07 Å². The number of fused-ring (bicyclic) bond motifs is 1. The molecule has 76 valence electrons. The van der Waals surface area contributed by atoms with Crippen molar-refractivity contribution in [3.8, 4) is 0 Å². The lowest BCUT2D eigenvalue weighted by Crippen LogP contribution is -2.16. The van der Waals surface area contributed by atoms with E-state index in [0.717, 1.165) is 4.90 Å². The summed E-state index contributed by atoms with van der Waals surface area (Å²) in [5.41, 5.74) is 3.73. The van der Waals surface area contributed by atoms with E-state index in [0.29, 0.717) is 5.75 Å². The van der Waals surface area contributed by atoms with Crippen molar-refractivity contribution in [3.63, 3.8) is 0 Å². The fourth-order valence-corrected chi connectivity index (χ4v) is 3.45. The van der Waals surface area contributed by atoms with Gasteiger partial charge in [0, 0.05) is 16.7 Å². The summed E-state index contributed by atoms with van der Waals surface area (Å²) in [6.45, 7) is 4.17. The van der Waals surface area contributed by atoms with Gasteiger partial charge < -0.3 is 5.32 Å². The third-order valence-electron chi connectivity index (χ3n) is 2.91. The fraction of sp³-hybridized carbons (Fsp3) is 0.455. The molecule has 1 N–H and O–H groups in total. The summed E-state index contributed by atoms with van der Waals surface area (Å²) >= 11 is 0. The number of hydrogen-bond donors (Lipinski definition) is 1. The monoisotopic (exact) mass is 209 g/mol. The van der Waals surface area contributed by atoms with Gasteiger partial charge >= 0.3 is 0 Å². The van der Waals surface area contributed by atoms with E-state index in [1.54, 1.807) is 0 Å². The van der Waals surface area contributed by atoms with Gasteiger partial charge in [0.25, 0.3) is 0 Å². The Bertz CT molecular complexity index is 401. The molecule has 1 aromatic rings. The quantitative estimate of drug-likeness (QED) is 0.762. The Morgan fingerprint density at radius 2 is 2.00 bits per heavy atom. The van der Waals surface area contributed by atoms with Crippen LogP contribution in [0.25, 0.3) is 0 Å². The van der Waals surface area contributed by atoms with Crippen LogP contribution in [-0.4, -0.2) is 17.0 Å². The highest BCUT2D eigenvalue weighted by molar-refractivity contribution is 7.85. The zero-order valence-electron chi connectivity index (χ0n) is 8.76. The zero-order valence-corrected chi connectivity index (χ0v) is 9.57. The predicted molar refractivity (Wildman–Crippen MR) is 59.0 cm³/mol. The van der Waals surface area contributed by atoms with Gasteiger partial charge in [-0.2, -0.15) is 0 Å². The Balaban J connectivity index is 2.58. The molecule has 0 fully saturated rings. The third-order valence-corrected chi connectivity index (χ3v) is 4.39. The SMILES string of the molecule is CNC1CS(=O)c2cc(C)c(C)cc21. The summed E-state index contributed by atoms with van der Waals surface area (Å²) in [6.07, 6.45) is 0. The summed E-state index contributed by atoms with van der Waals surface area (Å²) in [5, 5.41) is 3.20. The molecule has 0 aromatic heterocycles. The molecule has 0 radical (unpaired) electrons. The van der Waals surface area contributed by atoms with Gasteiger partial charge in [0.15, 0.2) is 0 Å². The highest BCUT2D eigenvalue weighted by Gasteiger charge is 2.27. The first-order valence-electron chi connectivity index (χ1n) is 4.80. The van der Waals surface area contributed by atoms with Crippen molar-refractivity contribution in [2.75, 3.05) is 12.8 Å². The third kappa shape index (κ3) is 1.41. The first-order valence-corrected chi connectivity index (χ1v) is 6.12. The van der Waals surface area contributed by atoms with Crippen LogP contribution >= 0.6 is 0 Å². The molecular formula is C11H15NOS. The number of benzene rings is 1. The molecule has 1 aliphatic rings. The predicted octanol–water partition coefficient (Wildman–Crippen LogP) is 1.69. The summed E-state index contributed by atoms with van der Waals surface area (Å²) < 4.78 is 11.8. The molecule has 1 aliphatic heterocycles. The number of rotatable bonds is 1. The minimum absolute atomic E-state index is 0.269. The number of nitrogens with one attached hydrogen (secondary N) is 1. The van der Waals surface area contributed by atoms with Crippen LogP contribution in [0.4, 0.5) is 0 Å². The van der Waals surface area contributed by atoms with Crippen LogP contribution < -0.4 is 5.32 Å². The maximum absolute atomic E-state index is 11.8. The molecule has 0 aliphatic carbocycles. The molecule has 2 atom stereocenters. The van der Waals surface area contributed by atoms with Crippen LogP contribution in [0.2, 0.25) is 0 Å². The molecule has 0 spiro atoms.